The number of carbonyl (C=O) groups is 1. The van der Waals surface area contributed by atoms with Gasteiger partial charge in [-0.25, -0.2) is 9.36 Å². The average Bonchev–Trinajstić information content (AvgIpc) is 2.55. The highest BCUT2D eigenvalue weighted by molar-refractivity contribution is 6.31. The first kappa shape index (κ1) is 16.0. The Kier molecular flexibility index (Phi) is 3.99. The van der Waals surface area contributed by atoms with Crippen molar-refractivity contribution in [2.75, 3.05) is 0 Å². The Labute approximate surface area is 141 Å². The lowest BCUT2D eigenvalue weighted by atomic mass is 10.2. The maximum atomic E-state index is 12.7. The topological polar surface area (TPSA) is 84.1 Å². The lowest BCUT2D eigenvalue weighted by Crippen LogP contribution is -2.42. The van der Waals surface area contributed by atoms with Crippen LogP contribution >= 0.6 is 11.6 Å². The Morgan fingerprint density at radius 2 is 1.88 bits per heavy atom. The SMILES string of the molecule is Cc1ccc(-n2c(=O)c3ccccc3n(CC(=O)[O-])c2=O)cc1Cl. The molecule has 0 aliphatic carbocycles. The molecule has 0 saturated heterocycles. The predicted octanol–water partition coefficient (Wildman–Crippen LogP) is 0.864. The summed E-state index contributed by atoms with van der Waals surface area (Å²) in [6.45, 7) is 1.14. The van der Waals surface area contributed by atoms with E-state index in [-0.39, 0.29) is 16.6 Å². The number of nitrogens with zero attached hydrogens (tertiary/aromatic N) is 2. The summed E-state index contributed by atoms with van der Waals surface area (Å²) in [5, 5.41) is 11.6. The maximum Gasteiger partial charge on any atom is 0.336 e. The number of hydrogen-bond donors (Lipinski definition) is 0. The molecule has 6 nitrogen and oxygen atoms in total. The van der Waals surface area contributed by atoms with E-state index in [1.807, 2.05) is 0 Å². The number of rotatable bonds is 3. The Morgan fingerprint density at radius 3 is 2.54 bits per heavy atom. The van der Waals surface area contributed by atoms with Gasteiger partial charge in [0.1, 0.15) is 0 Å². The molecule has 3 rings (SSSR count). The monoisotopic (exact) mass is 343 g/mol. The summed E-state index contributed by atoms with van der Waals surface area (Å²) in [4.78, 5) is 36.5. The number of para-hydroxylation sites is 1. The van der Waals surface area contributed by atoms with Gasteiger partial charge in [0.15, 0.2) is 0 Å². The van der Waals surface area contributed by atoms with Crippen LogP contribution < -0.4 is 16.4 Å². The van der Waals surface area contributed by atoms with E-state index in [0.717, 1.165) is 14.7 Å². The Morgan fingerprint density at radius 1 is 1.17 bits per heavy atom. The van der Waals surface area contributed by atoms with Crippen molar-refractivity contribution >= 4 is 28.5 Å². The van der Waals surface area contributed by atoms with Gasteiger partial charge in [-0.3, -0.25) is 9.36 Å². The molecule has 0 radical (unpaired) electrons. The van der Waals surface area contributed by atoms with Gasteiger partial charge in [-0.15, -0.1) is 0 Å². The molecule has 0 amide bonds. The molecular formula is C17H12ClN2O4-. The molecule has 2 aromatic carbocycles. The third-order valence-electron chi connectivity index (χ3n) is 3.75. The van der Waals surface area contributed by atoms with Crippen molar-refractivity contribution in [3.05, 3.63) is 73.9 Å². The second kappa shape index (κ2) is 5.98. The van der Waals surface area contributed by atoms with Crippen LogP contribution in [0.15, 0.2) is 52.1 Å². The summed E-state index contributed by atoms with van der Waals surface area (Å²) in [5.41, 5.74) is 0.0156. The molecule has 122 valence electrons. The number of carboxylic acid groups (broad SMARTS) is 1. The van der Waals surface area contributed by atoms with Crippen LogP contribution in [0.4, 0.5) is 0 Å². The van der Waals surface area contributed by atoms with Crippen LogP contribution in [0.2, 0.25) is 5.02 Å². The minimum absolute atomic E-state index is 0.232. The molecule has 0 atom stereocenters. The van der Waals surface area contributed by atoms with Crippen LogP contribution in [-0.4, -0.2) is 15.1 Å². The first-order chi connectivity index (χ1) is 11.4. The summed E-state index contributed by atoms with van der Waals surface area (Å²) >= 11 is 6.08. The number of hydrogen-bond acceptors (Lipinski definition) is 4. The highest BCUT2D eigenvalue weighted by Crippen LogP contribution is 2.18. The maximum absolute atomic E-state index is 12.7. The molecule has 0 bridgehead atoms. The molecule has 0 N–H and O–H groups in total. The third-order valence-corrected chi connectivity index (χ3v) is 4.16. The molecule has 0 unspecified atom stereocenters. The first-order valence-electron chi connectivity index (χ1n) is 7.11. The Bertz CT molecular complexity index is 1080. The second-order valence-electron chi connectivity index (χ2n) is 5.33. The Hall–Kier alpha value is -2.86. The zero-order valence-corrected chi connectivity index (χ0v) is 13.4. The van der Waals surface area contributed by atoms with Crippen LogP contribution in [0, 0.1) is 6.92 Å². The summed E-state index contributed by atoms with van der Waals surface area (Å²) < 4.78 is 1.91. The van der Waals surface area contributed by atoms with Crippen LogP contribution in [0.3, 0.4) is 0 Å². The van der Waals surface area contributed by atoms with Gasteiger partial charge >= 0.3 is 5.69 Å². The number of aromatic nitrogens is 2. The van der Waals surface area contributed by atoms with Crippen molar-refractivity contribution in [2.45, 2.75) is 13.5 Å². The molecule has 1 heterocycles. The number of carboxylic acids is 1. The smallest absolute Gasteiger partial charge is 0.336 e. The van der Waals surface area contributed by atoms with Gasteiger partial charge in [0.05, 0.1) is 29.1 Å². The van der Waals surface area contributed by atoms with Crippen molar-refractivity contribution in [3.8, 4) is 5.69 Å². The van der Waals surface area contributed by atoms with Gasteiger partial charge in [-0.05, 0) is 36.8 Å². The van der Waals surface area contributed by atoms with Crippen LogP contribution in [0.5, 0.6) is 0 Å². The summed E-state index contributed by atoms with van der Waals surface area (Å²) in [7, 11) is 0. The quantitative estimate of drug-likeness (QED) is 0.706. The van der Waals surface area contributed by atoms with E-state index in [4.69, 9.17) is 11.6 Å². The number of aryl methyl sites for hydroxylation is 1. The third kappa shape index (κ3) is 2.61. The number of aliphatic carboxylic acids is 1. The fourth-order valence-corrected chi connectivity index (χ4v) is 2.73. The average molecular weight is 344 g/mol. The fourth-order valence-electron chi connectivity index (χ4n) is 2.55. The molecular weight excluding hydrogens is 332 g/mol. The zero-order chi connectivity index (χ0) is 17.4. The van der Waals surface area contributed by atoms with Gasteiger partial charge in [-0.2, -0.15) is 0 Å². The van der Waals surface area contributed by atoms with Crippen LogP contribution in [0.25, 0.3) is 16.6 Å². The van der Waals surface area contributed by atoms with Crippen LogP contribution in [-0.2, 0) is 11.3 Å². The van der Waals surface area contributed by atoms with E-state index in [1.165, 1.54) is 18.2 Å². The molecule has 0 spiro atoms. The van der Waals surface area contributed by atoms with Gasteiger partial charge in [0, 0.05) is 5.02 Å². The largest absolute Gasteiger partial charge is 0.548 e. The number of halogens is 1. The number of fused-ring (bicyclic) bond motifs is 1. The van der Waals surface area contributed by atoms with Crippen LogP contribution in [0.1, 0.15) is 5.56 Å². The predicted molar refractivity (Wildman–Crippen MR) is 88.6 cm³/mol. The molecule has 0 fully saturated rings. The van der Waals surface area contributed by atoms with Crippen molar-refractivity contribution in [3.63, 3.8) is 0 Å². The highest BCUT2D eigenvalue weighted by Gasteiger charge is 2.14. The number of carbonyl (C=O) groups excluding carboxylic acids is 1. The van der Waals surface area contributed by atoms with E-state index < -0.39 is 23.8 Å². The lowest BCUT2D eigenvalue weighted by molar-refractivity contribution is -0.306. The van der Waals surface area contributed by atoms with E-state index in [2.05, 4.69) is 0 Å². The first-order valence-corrected chi connectivity index (χ1v) is 7.49. The minimum atomic E-state index is -1.42. The Balaban J connectivity index is 2.44. The number of benzene rings is 2. The molecule has 3 aromatic rings. The molecule has 24 heavy (non-hydrogen) atoms. The van der Waals surface area contributed by atoms with Gasteiger partial charge in [-0.1, -0.05) is 29.8 Å². The lowest BCUT2D eigenvalue weighted by Gasteiger charge is -2.15. The normalized spacial score (nSPS) is 10.9. The van der Waals surface area contributed by atoms with Gasteiger partial charge < -0.3 is 9.90 Å². The van der Waals surface area contributed by atoms with E-state index in [1.54, 1.807) is 31.2 Å². The standard InChI is InChI=1S/C17H13ClN2O4/c1-10-6-7-11(8-13(10)18)20-16(23)12-4-2-3-5-14(12)19(17(20)24)9-15(21)22/h2-8H,9H2,1H3,(H,21,22)/p-1. The summed E-state index contributed by atoms with van der Waals surface area (Å²) in [6.07, 6.45) is 0. The molecule has 0 saturated carbocycles. The second-order valence-corrected chi connectivity index (χ2v) is 5.74. The molecule has 0 aliphatic rings. The van der Waals surface area contributed by atoms with Crippen molar-refractivity contribution in [1.29, 1.82) is 0 Å². The zero-order valence-electron chi connectivity index (χ0n) is 12.7. The summed E-state index contributed by atoms with van der Waals surface area (Å²) in [6, 6.07) is 11.1. The summed E-state index contributed by atoms with van der Waals surface area (Å²) in [5.74, 6) is -1.42. The van der Waals surface area contributed by atoms with Gasteiger partial charge in [0.2, 0.25) is 0 Å². The van der Waals surface area contributed by atoms with Crippen molar-refractivity contribution in [2.24, 2.45) is 0 Å². The minimum Gasteiger partial charge on any atom is -0.548 e. The van der Waals surface area contributed by atoms with Crippen molar-refractivity contribution in [1.82, 2.24) is 9.13 Å². The van der Waals surface area contributed by atoms with Gasteiger partial charge in [0.25, 0.3) is 5.56 Å². The van der Waals surface area contributed by atoms with E-state index in [0.29, 0.717) is 5.02 Å². The molecule has 7 heteroatoms. The van der Waals surface area contributed by atoms with E-state index >= 15 is 0 Å². The fraction of sp³-hybridized carbons (Fsp3) is 0.118. The molecule has 1 aromatic heterocycles. The van der Waals surface area contributed by atoms with Crippen molar-refractivity contribution < 1.29 is 9.90 Å². The highest BCUT2D eigenvalue weighted by atomic mass is 35.5. The molecule has 0 aliphatic heterocycles. The van der Waals surface area contributed by atoms with E-state index in [9.17, 15) is 19.5 Å².